The minimum atomic E-state index is 0. The van der Waals surface area contributed by atoms with Gasteiger partial charge in [0, 0.05) is 16.5 Å². The fourth-order valence-electron chi connectivity index (χ4n) is 3.63. The van der Waals surface area contributed by atoms with Crippen molar-refractivity contribution in [1.82, 2.24) is 0 Å². The van der Waals surface area contributed by atoms with Gasteiger partial charge in [-0.2, -0.15) is 19.6 Å². The van der Waals surface area contributed by atoms with Crippen molar-refractivity contribution in [2.24, 2.45) is 11.8 Å². The molecule has 0 unspecified atom stereocenters. The maximum atomic E-state index is 5.67. The third-order valence-corrected chi connectivity index (χ3v) is 7.90. The van der Waals surface area contributed by atoms with E-state index in [1.807, 2.05) is 109 Å². The molecular formula is C36H36NiO2S4-4. The monoisotopic (exact) mass is 686 g/mol. The predicted octanol–water partition coefficient (Wildman–Crippen LogP) is 9.28. The van der Waals surface area contributed by atoms with E-state index in [0.717, 1.165) is 33.8 Å². The van der Waals surface area contributed by atoms with E-state index >= 15 is 0 Å². The molecule has 0 radical (unpaired) electrons. The van der Waals surface area contributed by atoms with Crippen LogP contribution in [0.5, 0.6) is 11.5 Å². The standard InChI is InChI=1S/2C18H20OS2.Ni/c2*1-13(2)12-19-16-10-8-15(9-11-16)18(21)17(20)14-6-4-3-5-7-14;/h2*3-11,13,20-21H,12H2,1-2H3;/p-4/b2*18-17-;. The van der Waals surface area contributed by atoms with Gasteiger partial charge in [-0.05, 0) is 58.4 Å². The summed E-state index contributed by atoms with van der Waals surface area (Å²) in [4.78, 5) is 2.82. The topological polar surface area (TPSA) is 18.5 Å². The molecular weight excluding hydrogens is 651 g/mol. The molecule has 43 heavy (non-hydrogen) atoms. The van der Waals surface area contributed by atoms with Crippen molar-refractivity contribution >= 4 is 70.1 Å². The summed E-state index contributed by atoms with van der Waals surface area (Å²) < 4.78 is 11.3. The van der Waals surface area contributed by atoms with Crippen LogP contribution in [0, 0.1) is 11.8 Å². The van der Waals surface area contributed by atoms with Gasteiger partial charge < -0.3 is 60.0 Å². The van der Waals surface area contributed by atoms with E-state index in [-0.39, 0.29) is 16.5 Å². The number of hydrogen-bond acceptors (Lipinski definition) is 6. The molecule has 2 nitrogen and oxygen atoms in total. The van der Waals surface area contributed by atoms with Gasteiger partial charge in [0.25, 0.3) is 0 Å². The first-order valence-corrected chi connectivity index (χ1v) is 15.5. The van der Waals surface area contributed by atoms with E-state index in [4.69, 9.17) is 60.0 Å². The van der Waals surface area contributed by atoms with E-state index in [1.165, 1.54) is 0 Å². The minimum absolute atomic E-state index is 0. The second-order valence-corrected chi connectivity index (χ2v) is 12.1. The predicted molar refractivity (Wildman–Crippen MR) is 190 cm³/mol. The van der Waals surface area contributed by atoms with E-state index in [9.17, 15) is 0 Å². The average Bonchev–Trinajstić information content (AvgIpc) is 3.03. The molecule has 4 aromatic rings. The van der Waals surface area contributed by atoms with Crippen LogP contribution in [0.1, 0.15) is 49.9 Å². The quantitative estimate of drug-likeness (QED) is 0.0934. The molecule has 0 N–H and O–H groups in total. The van der Waals surface area contributed by atoms with E-state index < -0.39 is 0 Å². The second kappa shape index (κ2) is 18.9. The Balaban J connectivity index is 0.000000293. The fourth-order valence-corrected chi connectivity index (χ4v) is 4.65. The molecule has 7 heteroatoms. The van der Waals surface area contributed by atoms with Gasteiger partial charge in [0.05, 0.1) is 13.2 Å². The molecule has 0 bridgehead atoms. The Morgan fingerprint density at radius 3 is 0.953 bits per heavy atom. The Morgan fingerprint density at radius 2 is 0.698 bits per heavy atom. The van der Waals surface area contributed by atoms with Gasteiger partial charge >= 0.3 is 0 Å². The SMILES string of the molecule is CC(C)COc1ccc(/C([S-])=C(/[S-])c2ccccc2)cc1.CC(C)COc1ccc(/C([S-])=C(/[S-])c2ccccc2)cc1.[Ni]. The zero-order chi connectivity index (χ0) is 30.5. The van der Waals surface area contributed by atoms with Crippen LogP contribution < -0.4 is 9.47 Å². The van der Waals surface area contributed by atoms with E-state index in [0.29, 0.717) is 44.7 Å². The summed E-state index contributed by atoms with van der Waals surface area (Å²) in [5, 5.41) is 0. The van der Waals surface area contributed by atoms with Crippen molar-refractivity contribution < 1.29 is 26.0 Å². The Morgan fingerprint density at radius 1 is 0.442 bits per heavy atom. The molecule has 0 saturated carbocycles. The molecule has 0 amide bonds. The molecule has 0 atom stereocenters. The number of ether oxygens (including phenoxy) is 2. The van der Waals surface area contributed by atoms with Crippen molar-refractivity contribution in [2.75, 3.05) is 13.2 Å². The molecule has 4 aromatic carbocycles. The van der Waals surface area contributed by atoms with Crippen molar-refractivity contribution in [3.05, 3.63) is 131 Å². The van der Waals surface area contributed by atoms with Gasteiger partial charge in [-0.25, -0.2) is 0 Å². The molecule has 0 heterocycles. The smallest absolute Gasteiger partial charge is 0.119 e. The Bertz CT molecular complexity index is 1320. The van der Waals surface area contributed by atoms with Crippen LogP contribution in [0.25, 0.3) is 19.6 Å². The van der Waals surface area contributed by atoms with Gasteiger partial charge in [-0.3, -0.25) is 0 Å². The number of benzene rings is 4. The maximum absolute atomic E-state index is 5.67. The Hall–Kier alpha value is -2.67. The molecule has 230 valence electrons. The first-order chi connectivity index (χ1) is 20.2. The van der Waals surface area contributed by atoms with Crippen LogP contribution in [-0.4, -0.2) is 13.2 Å². The number of hydrogen-bond donors (Lipinski definition) is 0. The molecule has 0 aliphatic carbocycles. The van der Waals surface area contributed by atoms with Gasteiger partial charge in [-0.15, -0.1) is 0 Å². The summed E-state index contributed by atoms with van der Waals surface area (Å²) >= 11 is 21.9. The third-order valence-electron chi connectivity index (χ3n) is 5.88. The molecule has 0 saturated heterocycles. The first kappa shape index (κ1) is 36.5. The second-order valence-electron chi connectivity index (χ2n) is 10.5. The van der Waals surface area contributed by atoms with Gasteiger partial charge in [0.1, 0.15) is 11.5 Å². The van der Waals surface area contributed by atoms with Crippen LogP contribution in [-0.2, 0) is 67.0 Å². The summed E-state index contributed by atoms with van der Waals surface area (Å²) in [6, 6.07) is 35.4. The molecule has 4 rings (SSSR count). The van der Waals surface area contributed by atoms with Gasteiger partial charge in [0.15, 0.2) is 0 Å². The molecule has 0 aliphatic heterocycles. The Labute approximate surface area is 290 Å². The van der Waals surface area contributed by atoms with E-state index in [1.54, 1.807) is 0 Å². The average molecular weight is 688 g/mol. The normalized spacial score (nSPS) is 11.9. The molecule has 0 aliphatic rings. The third kappa shape index (κ3) is 12.1. The number of rotatable bonds is 10. The molecule has 0 spiro atoms. The zero-order valence-electron chi connectivity index (χ0n) is 24.7. The molecule has 0 fully saturated rings. The first-order valence-electron chi connectivity index (χ1n) is 13.9. The van der Waals surface area contributed by atoms with Crippen molar-refractivity contribution in [2.45, 2.75) is 27.7 Å². The summed E-state index contributed by atoms with van der Waals surface area (Å²) in [6.07, 6.45) is 0. The van der Waals surface area contributed by atoms with E-state index in [2.05, 4.69) is 27.7 Å². The van der Waals surface area contributed by atoms with Crippen LogP contribution in [0.4, 0.5) is 0 Å². The largest absolute Gasteiger partial charge is 0.781 e. The van der Waals surface area contributed by atoms with Gasteiger partial charge in [-0.1, -0.05) is 113 Å². The fraction of sp³-hybridized carbons (Fsp3) is 0.222. The van der Waals surface area contributed by atoms with Crippen LogP contribution >= 0.6 is 0 Å². The maximum Gasteiger partial charge on any atom is 0.119 e. The van der Waals surface area contributed by atoms with Crippen molar-refractivity contribution in [1.29, 1.82) is 0 Å². The zero-order valence-corrected chi connectivity index (χ0v) is 29.0. The summed E-state index contributed by atoms with van der Waals surface area (Å²) in [6.45, 7) is 9.94. The summed E-state index contributed by atoms with van der Waals surface area (Å²) in [7, 11) is 0. The Kier molecular flexibility index (Phi) is 16.0. The summed E-state index contributed by atoms with van der Waals surface area (Å²) in [5.41, 5.74) is 3.88. The van der Waals surface area contributed by atoms with Crippen molar-refractivity contribution in [3.63, 3.8) is 0 Å². The van der Waals surface area contributed by atoms with Gasteiger partial charge in [0.2, 0.25) is 0 Å². The van der Waals surface area contributed by atoms with Crippen LogP contribution in [0.15, 0.2) is 109 Å². The van der Waals surface area contributed by atoms with Crippen molar-refractivity contribution in [3.8, 4) is 11.5 Å². The molecule has 0 aromatic heterocycles. The minimum Gasteiger partial charge on any atom is -0.781 e. The van der Waals surface area contributed by atoms with Crippen LogP contribution in [0.3, 0.4) is 0 Å². The summed E-state index contributed by atoms with van der Waals surface area (Å²) in [5.74, 6) is 2.74. The van der Waals surface area contributed by atoms with Crippen LogP contribution in [0.2, 0.25) is 0 Å².